The summed E-state index contributed by atoms with van der Waals surface area (Å²) in [5, 5.41) is 5.55. The zero-order valence-corrected chi connectivity index (χ0v) is 24.4. The van der Waals surface area contributed by atoms with Crippen LogP contribution in [-0.4, -0.2) is 41.6 Å². The van der Waals surface area contributed by atoms with Crippen molar-refractivity contribution in [2.75, 3.05) is 12.4 Å². The van der Waals surface area contributed by atoms with Crippen molar-refractivity contribution >= 4 is 23.6 Å². The number of benzene rings is 3. The summed E-state index contributed by atoms with van der Waals surface area (Å²) in [6.07, 6.45) is 5.31. The highest BCUT2D eigenvalue weighted by molar-refractivity contribution is 6.00. The van der Waals surface area contributed by atoms with Crippen LogP contribution < -0.4 is 15.4 Å². The lowest BCUT2D eigenvalue weighted by Gasteiger charge is -2.31. The number of nitrogens with zero attached hydrogens (tertiary/aromatic N) is 1. The third-order valence-corrected chi connectivity index (χ3v) is 6.45. The molecule has 8 heteroatoms. The van der Waals surface area contributed by atoms with Gasteiger partial charge in [-0.15, -0.1) is 0 Å². The molecule has 0 heterocycles. The molecule has 0 aromatic heterocycles. The van der Waals surface area contributed by atoms with Gasteiger partial charge in [-0.3, -0.25) is 14.5 Å². The Labute approximate surface area is 242 Å². The molecule has 214 valence electrons. The third kappa shape index (κ3) is 8.36. The molecule has 41 heavy (non-hydrogen) atoms. The predicted molar refractivity (Wildman–Crippen MR) is 159 cm³/mol. The van der Waals surface area contributed by atoms with Crippen molar-refractivity contribution in [1.82, 2.24) is 10.2 Å². The van der Waals surface area contributed by atoms with Crippen LogP contribution >= 0.6 is 0 Å². The van der Waals surface area contributed by atoms with Gasteiger partial charge in [0, 0.05) is 18.2 Å². The van der Waals surface area contributed by atoms with Gasteiger partial charge in [0.15, 0.2) is 0 Å². The highest BCUT2D eigenvalue weighted by Gasteiger charge is 2.37. The first-order chi connectivity index (χ1) is 19.4. The van der Waals surface area contributed by atoms with Crippen LogP contribution in [0.4, 0.5) is 10.5 Å². The monoisotopic (exact) mass is 555 g/mol. The molecular formula is C33H37N3O5. The van der Waals surface area contributed by atoms with Crippen molar-refractivity contribution in [2.24, 2.45) is 0 Å². The zero-order valence-electron chi connectivity index (χ0n) is 24.4. The maximum absolute atomic E-state index is 14.1. The second-order valence-corrected chi connectivity index (χ2v) is 10.6. The zero-order chi connectivity index (χ0) is 30.2. The van der Waals surface area contributed by atoms with Gasteiger partial charge in [-0.25, -0.2) is 4.79 Å². The SMILES string of the molecule is C#CN(C(=O)C(Cc1ccccc1)NC(=O)OC(C)(C)C)C(C(=O)Nc1ccc(OC)cc1)c1cccc(C)c1C. The van der Waals surface area contributed by atoms with E-state index in [9.17, 15) is 14.4 Å². The quantitative estimate of drug-likeness (QED) is 0.267. The van der Waals surface area contributed by atoms with Crippen LogP contribution in [0.25, 0.3) is 0 Å². The smallest absolute Gasteiger partial charge is 0.408 e. The Morgan fingerprint density at radius 3 is 2.20 bits per heavy atom. The van der Waals surface area contributed by atoms with Crippen molar-refractivity contribution in [3.8, 4) is 18.2 Å². The molecule has 0 aliphatic rings. The molecule has 3 rings (SSSR count). The molecule has 0 radical (unpaired) electrons. The number of hydrogen-bond donors (Lipinski definition) is 2. The summed E-state index contributed by atoms with van der Waals surface area (Å²) in [5.74, 6) is -0.504. The lowest BCUT2D eigenvalue weighted by molar-refractivity contribution is -0.136. The van der Waals surface area contributed by atoms with Crippen LogP contribution in [0.5, 0.6) is 5.75 Å². The van der Waals surface area contributed by atoms with Crippen LogP contribution in [0.1, 0.15) is 49.1 Å². The molecule has 2 N–H and O–H groups in total. The van der Waals surface area contributed by atoms with Crippen LogP contribution in [0.3, 0.4) is 0 Å². The molecule has 8 nitrogen and oxygen atoms in total. The molecule has 0 aliphatic heterocycles. The first-order valence-corrected chi connectivity index (χ1v) is 13.3. The van der Waals surface area contributed by atoms with Gasteiger partial charge in [-0.1, -0.05) is 55.0 Å². The highest BCUT2D eigenvalue weighted by Crippen LogP contribution is 2.29. The number of anilines is 1. The molecular weight excluding hydrogens is 518 g/mol. The van der Waals surface area contributed by atoms with E-state index in [0.29, 0.717) is 17.0 Å². The van der Waals surface area contributed by atoms with Gasteiger partial charge in [-0.2, -0.15) is 0 Å². The largest absolute Gasteiger partial charge is 0.497 e. The Bertz CT molecular complexity index is 1410. The van der Waals surface area contributed by atoms with E-state index in [4.69, 9.17) is 15.9 Å². The van der Waals surface area contributed by atoms with Gasteiger partial charge in [0.25, 0.3) is 11.8 Å². The van der Waals surface area contributed by atoms with E-state index >= 15 is 0 Å². The number of hydrogen-bond acceptors (Lipinski definition) is 5. The lowest BCUT2D eigenvalue weighted by Crippen LogP contribution is -2.51. The van der Waals surface area contributed by atoms with Gasteiger partial charge in [0.05, 0.1) is 7.11 Å². The van der Waals surface area contributed by atoms with Gasteiger partial charge in [0.2, 0.25) is 0 Å². The predicted octanol–water partition coefficient (Wildman–Crippen LogP) is 5.55. The molecule has 0 saturated carbocycles. The highest BCUT2D eigenvalue weighted by atomic mass is 16.6. The number of methoxy groups -OCH3 is 1. The minimum absolute atomic E-state index is 0.136. The summed E-state index contributed by atoms with van der Waals surface area (Å²) in [6, 6.07) is 21.7. The Balaban J connectivity index is 2.03. The molecule has 0 spiro atoms. The van der Waals surface area contributed by atoms with Crippen molar-refractivity contribution < 1.29 is 23.9 Å². The summed E-state index contributed by atoms with van der Waals surface area (Å²) in [5.41, 5.74) is 2.83. The number of rotatable bonds is 9. The number of aryl methyl sites for hydroxylation is 1. The third-order valence-electron chi connectivity index (χ3n) is 6.45. The Hall–Kier alpha value is -4.77. The molecule has 0 saturated heterocycles. The number of alkyl carbamates (subject to hydrolysis) is 1. The second-order valence-electron chi connectivity index (χ2n) is 10.6. The van der Waals surface area contributed by atoms with Crippen molar-refractivity contribution in [1.29, 1.82) is 0 Å². The Morgan fingerprint density at radius 2 is 1.61 bits per heavy atom. The summed E-state index contributed by atoms with van der Waals surface area (Å²) in [7, 11) is 1.55. The van der Waals surface area contributed by atoms with Crippen LogP contribution in [0, 0.1) is 26.3 Å². The van der Waals surface area contributed by atoms with Crippen LogP contribution in [-0.2, 0) is 20.7 Å². The molecule has 3 aromatic rings. The Morgan fingerprint density at radius 1 is 0.951 bits per heavy atom. The standard InChI is InChI=1S/C33H37N3O5/c1-8-36(31(38)28(21-24-14-10-9-11-15-24)35-32(39)41-33(4,5)6)29(27-16-12-13-22(2)23(27)3)30(37)34-25-17-19-26(40-7)20-18-25/h1,9-20,28-29H,21H2,2-7H3,(H,34,37)(H,35,39). The Kier molecular flexibility index (Phi) is 10.2. The average molecular weight is 556 g/mol. The maximum Gasteiger partial charge on any atom is 0.408 e. The number of ether oxygens (including phenoxy) is 2. The van der Waals surface area contributed by atoms with Crippen LogP contribution in [0.15, 0.2) is 72.8 Å². The molecule has 2 unspecified atom stereocenters. The van der Waals surface area contributed by atoms with E-state index in [1.165, 1.54) is 0 Å². The molecule has 0 bridgehead atoms. The summed E-state index contributed by atoms with van der Waals surface area (Å²) in [4.78, 5) is 41.9. The fraction of sp³-hybridized carbons (Fsp3) is 0.303. The number of amides is 3. The second kappa shape index (κ2) is 13.5. The van der Waals surface area contributed by atoms with Crippen molar-refractivity contribution in [3.63, 3.8) is 0 Å². The van der Waals surface area contributed by atoms with Crippen molar-refractivity contribution in [2.45, 2.75) is 58.7 Å². The maximum atomic E-state index is 14.1. The van der Waals surface area contributed by atoms with E-state index in [2.05, 4.69) is 16.7 Å². The number of terminal acetylenes is 1. The molecule has 0 fully saturated rings. The molecule has 3 amide bonds. The van der Waals surface area contributed by atoms with E-state index in [1.807, 2.05) is 56.3 Å². The minimum Gasteiger partial charge on any atom is -0.497 e. The topological polar surface area (TPSA) is 97.0 Å². The van der Waals surface area contributed by atoms with Gasteiger partial charge in [-0.05, 0) is 81.1 Å². The fourth-order valence-corrected chi connectivity index (χ4v) is 4.29. The van der Waals surface area contributed by atoms with Gasteiger partial charge >= 0.3 is 6.09 Å². The normalized spacial score (nSPS) is 12.3. The van der Waals surface area contributed by atoms with E-state index in [1.54, 1.807) is 58.2 Å². The van der Waals surface area contributed by atoms with Gasteiger partial charge in [0.1, 0.15) is 23.4 Å². The minimum atomic E-state index is -1.19. The first kappa shape index (κ1) is 30.8. The average Bonchev–Trinajstić information content (AvgIpc) is 2.92. The lowest BCUT2D eigenvalue weighted by atomic mass is 9.94. The molecule has 0 aliphatic carbocycles. The van der Waals surface area contributed by atoms with Crippen molar-refractivity contribution in [3.05, 3.63) is 95.1 Å². The van der Waals surface area contributed by atoms with E-state index < -0.39 is 35.6 Å². The summed E-state index contributed by atoms with van der Waals surface area (Å²) >= 11 is 0. The number of nitrogens with one attached hydrogen (secondary N) is 2. The van der Waals surface area contributed by atoms with E-state index in [0.717, 1.165) is 21.6 Å². The molecule has 2 atom stereocenters. The van der Waals surface area contributed by atoms with E-state index in [-0.39, 0.29) is 6.42 Å². The molecule has 3 aromatic carbocycles. The fourth-order valence-electron chi connectivity index (χ4n) is 4.29. The van der Waals surface area contributed by atoms with Crippen LogP contribution in [0.2, 0.25) is 0 Å². The first-order valence-electron chi connectivity index (χ1n) is 13.3. The number of carbonyl (C=O) groups excluding carboxylic acids is 3. The summed E-state index contributed by atoms with van der Waals surface area (Å²) < 4.78 is 10.6. The van der Waals surface area contributed by atoms with Gasteiger partial charge < -0.3 is 20.1 Å². The number of carbonyl (C=O) groups is 3. The summed E-state index contributed by atoms with van der Waals surface area (Å²) in [6.45, 7) is 8.98.